The summed E-state index contributed by atoms with van der Waals surface area (Å²) in [6.45, 7) is 2.25. The van der Waals surface area contributed by atoms with E-state index in [0.717, 1.165) is 5.69 Å². The van der Waals surface area contributed by atoms with E-state index in [1.54, 1.807) is 0 Å². The van der Waals surface area contributed by atoms with E-state index in [4.69, 9.17) is 5.73 Å². The molecule has 0 unspecified atom stereocenters. The molecular weight excluding hydrogens is 202 g/mol. The van der Waals surface area contributed by atoms with Crippen LogP contribution in [0, 0.1) is 0 Å². The number of benzene rings is 1. The molecule has 0 heterocycles. The van der Waals surface area contributed by atoms with Crippen LogP contribution in [0.5, 0.6) is 0 Å². The number of hydrogen-bond acceptors (Lipinski definition) is 2. The van der Waals surface area contributed by atoms with E-state index in [9.17, 15) is 0 Å². The van der Waals surface area contributed by atoms with E-state index in [1.165, 1.54) is 42.8 Å². The monoisotopic (exact) mass is 223 g/mol. The fourth-order valence-electron chi connectivity index (χ4n) is 1.50. The number of nitrogen functional groups attached to an aromatic ring is 1. The van der Waals surface area contributed by atoms with Crippen LogP contribution in [0.25, 0.3) is 0 Å². The van der Waals surface area contributed by atoms with Crippen LogP contribution in [0.15, 0.2) is 29.2 Å². The third kappa shape index (κ3) is 5.73. The van der Waals surface area contributed by atoms with Crippen LogP contribution in [-0.2, 0) is 0 Å². The maximum atomic E-state index is 5.72. The Morgan fingerprint density at radius 2 is 1.93 bits per heavy atom. The van der Waals surface area contributed by atoms with Crippen molar-refractivity contribution < 1.29 is 0 Å². The summed E-state index contributed by atoms with van der Waals surface area (Å²) in [6, 6.07) is 8.14. The number of hydrogen-bond donors (Lipinski definition) is 1. The predicted molar refractivity (Wildman–Crippen MR) is 70.3 cm³/mol. The van der Waals surface area contributed by atoms with Gasteiger partial charge in [0.25, 0.3) is 0 Å². The molecule has 1 aromatic carbocycles. The van der Waals surface area contributed by atoms with Crippen LogP contribution >= 0.6 is 11.8 Å². The Morgan fingerprint density at radius 1 is 1.13 bits per heavy atom. The Balaban J connectivity index is 2.10. The normalized spacial score (nSPS) is 10.5. The van der Waals surface area contributed by atoms with Gasteiger partial charge in [0.15, 0.2) is 0 Å². The van der Waals surface area contributed by atoms with Gasteiger partial charge in [-0.3, -0.25) is 0 Å². The number of nitrogens with two attached hydrogens (primary N) is 1. The fraction of sp³-hybridized carbons (Fsp3) is 0.538. The quantitative estimate of drug-likeness (QED) is 0.423. The van der Waals surface area contributed by atoms with Gasteiger partial charge in [-0.05, 0) is 30.4 Å². The topological polar surface area (TPSA) is 26.0 Å². The number of unbranched alkanes of at least 4 members (excludes halogenated alkanes) is 4. The van der Waals surface area contributed by atoms with Gasteiger partial charge in [0, 0.05) is 10.6 Å². The molecule has 1 rings (SSSR count). The van der Waals surface area contributed by atoms with Crippen molar-refractivity contribution in [1.82, 2.24) is 0 Å². The van der Waals surface area contributed by atoms with Crippen molar-refractivity contribution in [3.63, 3.8) is 0 Å². The lowest BCUT2D eigenvalue weighted by atomic mass is 10.2. The van der Waals surface area contributed by atoms with E-state index in [1.807, 2.05) is 23.9 Å². The zero-order valence-corrected chi connectivity index (χ0v) is 10.4. The molecule has 0 aliphatic heterocycles. The lowest BCUT2D eigenvalue weighted by Crippen LogP contribution is -1.85. The number of rotatable bonds is 7. The molecule has 0 aliphatic carbocycles. The molecule has 84 valence electrons. The highest BCUT2D eigenvalue weighted by molar-refractivity contribution is 7.99. The molecule has 0 saturated carbocycles. The summed E-state index contributed by atoms with van der Waals surface area (Å²) in [5.74, 6) is 1.22. The van der Waals surface area contributed by atoms with E-state index >= 15 is 0 Å². The molecule has 0 aromatic heterocycles. The molecule has 0 spiro atoms. The maximum absolute atomic E-state index is 5.72. The van der Waals surface area contributed by atoms with Crippen molar-refractivity contribution >= 4 is 17.4 Å². The lowest BCUT2D eigenvalue weighted by molar-refractivity contribution is 0.659. The summed E-state index contributed by atoms with van der Waals surface area (Å²) < 4.78 is 0. The maximum Gasteiger partial charge on any atom is 0.0325 e. The highest BCUT2D eigenvalue weighted by atomic mass is 32.2. The van der Waals surface area contributed by atoms with Gasteiger partial charge in [-0.25, -0.2) is 0 Å². The second-order valence-electron chi connectivity index (χ2n) is 3.84. The van der Waals surface area contributed by atoms with Gasteiger partial charge in [0.05, 0.1) is 0 Å². The smallest absolute Gasteiger partial charge is 0.0325 e. The summed E-state index contributed by atoms with van der Waals surface area (Å²) in [7, 11) is 0. The molecule has 0 radical (unpaired) electrons. The average Bonchev–Trinajstić information content (AvgIpc) is 2.23. The molecule has 0 saturated heterocycles. The Morgan fingerprint density at radius 3 is 2.67 bits per heavy atom. The van der Waals surface area contributed by atoms with Crippen molar-refractivity contribution in [2.24, 2.45) is 0 Å². The molecule has 0 bridgehead atoms. The van der Waals surface area contributed by atoms with Crippen LogP contribution in [0.1, 0.15) is 39.0 Å². The highest BCUT2D eigenvalue weighted by Gasteiger charge is 1.94. The minimum Gasteiger partial charge on any atom is -0.399 e. The molecule has 2 heteroatoms. The number of anilines is 1. The Labute approximate surface area is 97.4 Å². The number of thioether (sulfide) groups is 1. The molecule has 0 atom stereocenters. The van der Waals surface area contributed by atoms with Crippen LogP contribution in [0.2, 0.25) is 0 Å². The molecule has 15 heavy (non-hydrogen) atoms. The van der Waals surface area contributed by atoms with Gasteiger partial charge in [0.2, 0.25) is 0 Å². The van der Waals surface area contributed by atoms with Gasteiger partial charge in [-0.2, -0.15) is 0 Å². The van der Waals surface area contributed by atoms with Gasteiger partial charge in [0.1, 0.15) is 0 Å². The van der Waals surface area contributed by atoms with Crippen molar-refractivity contribution in [3.05, 3.63) is 24.3 Å². The van der Waals surface area contributed by atoms with E-state index in [-0.39, 0.29) is 0 Å². The Kier molecular flexibility index (Phi) is 6.33. The molecule has 0 aliphatic rings. The van der Waals surface area contributed by atoms with Crippen LogP contribution in [0.3, 0.4) is 0 Å². The minimum absolute atomic E-state index is 0.867. The first-order valence-corrected chi connectivity index (χ1v) is 6.80. The Bertz CT molecular complexity index is 273. The summed E-state index contributed by atoms with van der Waals surface area (Å²) in [4.78, 5) is 1.30. The molecule has 0 fully saturated rings. The van der Waals surface area contributed by atoms with E-state index < -0.39 is 0 Å². The first-order chi connectivity index (χ1) is 7.33. The molecule has 0 amide bonds. The second-order valence-corrected chi connectivity index (χ2v) is 5.00. The summed E-state index contributed by atoms with van der Waals surface area (Å²) in [5.41, 5.74) is 6.58. The summed E-state index contributed by atoms with van der Waals surface area (Å²) >= 11 is 1.91. The molecule has 1 nitrogen and oxygen atoms in total. The summed E-state index contributed by atoms with van der Waals surface area (Å²) in [5, 5.41) is 0. The second kappa shape index (κ2) is 7.63. The SMILES string of the molecule is CCCCCCCSc1cccc(N)c1. The van der Waals surface area contributed by atoms with Crippen LogP contribution in [0.4, 0.5) is 5.69 Å². The molecule has 1 aromatic rings. The van der Waals surface area contributed by atoms with Crippen LogP contribution < -0.4 is 5.73 Å². The first-order valence-electron chi connectivity index (χ1n) is 5.81. The summed E-state index contributed by atoms with van der Waals surface area (Å²) in [6.07, 6.45) is 6.77. The largest absolute Gasteiger partial charge is 0.399 e. The van der Waals surface area contributed by atoms with E-state index in [0.29, 0.717) is 0 Å². The minimum atomic E-state index is 0.867. The van der Waals surface area contributed by atoms with E-state index in [2.05, 4.69) is 19.1 Å². The first kappa shape index (κ1) is 12.4. The zero-order valence-electron chi connectivity index (χ0n) is 9.54. The molecular formula is C13H21NS. The van der Waals surface area contributed by atoms with Gasteiger partial charge in [-0.1, -0.05) is 38.7 Å². The van der Waals surface area contributed by atoms with Gasteiger partial charge >= 0.3 is 0 Å². The van der Waals surface area contributed by atoms with Crippen molar-refractivity contribution in [3.8, 4) is 0 Å². The van der Waals surface area contributed by atoms with Crippen LogP contribution in [-0.4, -0.2) is 5.75 Å². The highest BCUT2D eigenvalue weighted by Crippen LogP contribution is 2.21. The van der Waals surface area contributed by atoms with Crippen molar-refractivity contribution in [1.29, 1.82) is 0 Å². The average molecular weight is 223 g/mol. The third-order valence-corrected chi connectivity index (χ3v) is 3.45. The molecule has 2 N–H and O–H groups in total. The third-order valence-electron chi connectivity index (χ3n) is 2.37. The lowest BCUT2D eigenvalue weighted by Gasteiger charge is -2.02. The van der Waals surface area contributed by atoms with Crippen molar-refractivity contribution in [2.75, 3.05) is 11.5 Å². The Hall–Kier alpha value is -0.630. The standard InChI is InChI=1S/C13H21NS/c1-2-3-4-5-6-10-15-13-9-7-8-12(14)11-13/h7-9,11H,2-6,10,14H2,1H3. The zero-order chi connectivity index (χ0) is 10.9. The predicted octanol–water partition coefficient (Wildman–Crippen LogP) is 4.33. The van der Waals surface area contributed by atoms with Gasteiger partial charge in [-0.15, -0.1) is 11.8 Å². The van der Waals surface area contributed by atoms with Gasteiger partial charge < -0.3 is 5.73 Å². The fourth-order valence-corrected chi connectivity index (χ4v) is 2.48. The van der Waals surface area contributed by atoms with Crippen molar-refractivity contribution in [2.45, 2.75) is 43.9 Å².